The Kier molecular flexibility index (Phi) is 5.35. The van der Waals surface area contributed by atoms with Gasteiger partial charge in [-0.25, -0.2) is 9.78 Å². The quantitative estimate of drug-likeness (QED) is 0.779. The van der Waals surface area contributed by atoms with Crippen molar-refractivity contribution in [2.24, 2.45) is 11.7 Å². The van der Waals surface area contributed by atoms with Crippen molar-refractivity contribution in [3.63, 3.8) is 0 Å². The highest BCUT2D eigenvalue weighted by Gasteiger charge is 2.24. The highest BCUT2D eigenvalue weighted by atomic mass is 16.5. The van der Waals surface area contributed by atoms with Crippen LogP contribution in [0.4, 0.5) is 5.82 Å². The van der Waals surface area contributed by atoms with Crippen LogP contribution >= 0.6 is 0 Å². The molecule has 5 nitrogen and oxygen atoms in total. The van der Waals surface area contributed by atoms with Gasteiger partial charge in [0.25, 0.3) is 0 Å². The summed E-state index contributed by atoms with van der Waals surface area (Å²) in [5.41, 5.74) is 6.33. The molecule has 0 aromatic carbocycles. The number of rotatable bonds is 6. The van der Waals surface area contributed by atoms with Crippen molar-refractivity contribution in [1.29, 1.82) is 0 Å². The summed E-state index contributed by atoms with van der Waals surface area (Å²) in [6, 6.07) is 3.80. The van der Waals surface area contributed by atoms with Gasteiger partial charge in [-0.2, -0.15) is 0 Å². The first-order chi connectivity index (χ1) is 9.74. The lowest BCUT2D eigenvalue weighted by Gasteiger charge is -2.23. The minimum absolute atomic E-state index is 0.262. The first-order valence-electron chi connectivity index (χ1n) is 7.34. The molecule has 5 heteroatoms. The zero-order valence-electron chi connectivity index (χ0n) is 12.0. The van der Waals surface area contributed by atoms with Crippen LogP contribution in [0, 0.1) is 5.92 Å². The van der Waals surface area contributed by atoms with E-state index in [1.54, 1.807) is 19.2 Å². The number of nitrogens with two attached hydrogens (primary N) is 1. The lowest BCUT2D eigenvalue weighted by atomic mass is 9.98. The number of hydrogen-bond acceptors (Lipinski definition) is 5. The number of nitrogens with zero attached hydrogens (tertiary/aromatic N) is 1. The van der Waals surface area contributed by atoms with E-state index in [9.17, 15) is 4.79 Å². The fourth-order valence-corrected chi connectivity index (χ4v) is 2.73. The van der Waals surface area contributed by atoms with Gasteiger partial charge in [-0.1, -0.05) is 12.8 Å². The number of anilines is 1. The Bertz CT molecular complexity index is 427. The Morgan fingerprint density at radius 3 is 2.80 bits per heavy atom. The van der Waals surface area contributed by atoms with E-state index in [4.69, 9.17) is 10.5 Å². The summed E-state index contributed by atoms with van der Waals surface area (Å²) in [4.78, 5) is 15.8. The van der Waals surface area contributed by atoms with Gasteiger partial charge in [-0.05, 0) is 37.8 Å². The number of nitrogens with one attached hydrogen (secondary N) is 1. The van der Waals surface area contributed by atoms with Crippen LogP contribution < -0.4 is 11.1 Å². The molecule has 0 radical (unpaired) electrons. The summed E-state index contributed by atoms with van der Waals surface area (Å²) in [7, 11) is 0. The largest absolute Gasteiger partial charge is 0.462 e. The first-order valence-corrected chi connectivity index (χ1v) is 7.34. The molecule has 1 atom stereocenters. The summed E-state index contributed by atoms with van der Waals surface area (Å²) in [5, 5.41) is 3.38. The topological polar surface area (TPSA) is 77.2 Å². The SMILES string of the molecule is CCOC(=O)c1ccc(NC(CN)C2CCCC2)nc1. The third kappa shape index (κ3) is 3.70. The molecule has 110 valence electrons. The van der Waals surface area contributed by atoms with Gasteiger partial charge in [0.2, 0.25) is 0 Å². The molecule has 1 fully saturated rings. The highest BCUT2D eigenvalue weighted by Crippen LogP contribution is 2.28. The van der Waals surface area contributed by atoms with Crippen LogP contribution in [-0.2, 0) is 4.74 Å². The number of hydrogen-bond donors (Lipinski definition) is 2. The second-order valence-electron chi connectivity index (χ2n) is 5.18. The molecule has 0 bridgehead atoms. The van der Waals surface area contributed by atoms with Crippen molar-refractivity contribution in [1.82, 2.24) is 4.98 Å². The molecule has 1 aliphatic rings. The Balaban J connectivity index is 1.96. The van der Waals surface area contributed by atoms with Crippen LogP contribution in [0.5, 0.6) is 0 Å². The summed E-state index contributed by atoms with van der Waals surface area (Å²) in [6.45, 7) is 2.76. The molecule has 1 saturated carbocycles. The van der Waals surface area contributed by atoms with Crippen LogP contribution in [0.3, 0.4) is 0 Å². The van der Waals surface area contributed by atoms with E-state index in [-0.39, 0.29) is 12.0 Å². The van der Waals surface area contributed by atoms with E-state index in [1.165, 1.54) is 25.7 Å². The van der Waals surface area contributed by atoms with Gasteiger partial charge in [0.05, 0.1) is 12.2 Å². The number of carbonyl (C=O) groups excluding carboxylic acids is 1. The Morgan fingerprint density at radius 2 is 2.25 bits per heavy atom. The minimum atomic E-state index is -0.335. The number of aromatic nitrogens is 1. The van der Waals surface area contributed by atoms with Gasteiger partial charge in [-0.15, -0.1) is 0 Å². The van der Waals surface area contributed by atoms with Crippen molar-refractivity contribution in [3.8, 4) is 0 Å². The van der Waals surface area contributed by atoms with Gasteiger partial charge in [0.15, 0.2) is 0 Å². The smallest absolute Gasteiger partial charge is 0.339 e. The molecule has 1 aromatic rings. The van der Waals surface area contributed by atoms with Gasteiger partial charge < -0.3 is 15.8 Å². The zero-order valence-corrected chi connectivity index (χ0v) is 12.0. The van der Waals surface area contributed by atoms with E-state index in [0.717, 1.165) is 5.82 Å². The van der Waals surface area contributed by atoms with E-state index < -0.39 is 0 Å². The molecule has 0 saturated heterocycles. The van der Waals surface area contributed by atoms with E-state index in [1.807, 2.05) is 6.07 Å². The third-order valence-corrected chi connectivity index (χ3v) is 3.83. The maximum absolute atomic E-state index is 11.5. The molecule has 0 amide bonds. The molecule has 1 heterocycles. The molecular weight excluding hydrogens is 254 g/mol. The van der Waals surface area contributed by atoms with Crippen molar-refractivity contribution < 1.29 is 9.53 Å². The summed E-state index contributed by atoms with van der Waals surface area (Å²) in [5.74, 6) is 1.06. The van der Waals surface area contributed by atoms with Crippen molar-refractivity contribution in [2.75, 3.05) is 18.5 Å². The predicted molar refractivity (Wildman–Crippen MR) is 78.6 cm³/mol. The fraction of sp³-hybridized carbons (Fsp3) is 0.600. The predicted octanol–water partition coefficient (Wildman–Crippen LogP) is 2.19. The van der Waals surface area contributed by atoms with Crippen molar-refractivity contribution in [2.45, 2.75) is 38.6 Å². The molecule has 20 heavy (non-hydrogen) atoms. The fourth-order valence-electron chi connectivity index (χ4n) is 2.73. The van der Waals surface area contributed by atoms with Gasteiger partial charge in [0, 0.05) is 18.8 Å². The number of pyridine rings is 1. The molecule has 0 spiro atoms. The van der Waals surface area contributed by atoms with Gasteiger partial charge in [-0.3, -0.25) is 0 Å². The molecule has 1 aliphatic carbocycles. The summed E-state index contributed by atoms with van der Waals surface area (Å²) in [6.07, 6.45) is 6.59. The van der Waals surface area contributed by atoms with Crippen LogP contribution in [0.1, 0.15) is 43.0 Å². The Labute approximate surface area is 119 Å². The van der Waals surface area contributed by atoms with E-state index >= 15 is 0 Å². The molecule has 1 aromatic heterocycles. The standard InChI is InChI=1S/C15H23N3O2/c1-2-20-15(19)12-7-8-14(17-10-12)18-13(9-16)11-5-3-4-6-11/h7-8,10-11,13H,2-6,9,16H2,1H3,(H,17,18). The number of carbonyl (C=O) groups is 1. The van der Waals surface area contributed by atoms with Gasteiger partial charge in [0.1, 0.15) is 5.82 Å². The molecule has 1 unspecified atom stereocenters. The van der Waals surface area contributed by atoms with E-state index in [2.05, 4.69) is 10.3 Å². The molecular formula is C15H23N3O2. The Morgan fingerprint density at radius 1 is 1.50 bits per heavy atom. The highest BCUT2D eigenvalue weighted by molar-refractivity contribution is 5.89. The van der Waals surface area contributed by atoms with E-state index in [0.29, 0.717) is 24.6 Å². The average molecular weight is 277 g/mol. The molecule has 3 N–H and O–H groups in total. The second-order valence-corrected chi connectivity index (χ2v) is 5.18. The maximum Gasteiger partial charge on any atom is 0.339 e. The monoisotopic (exact) mass is 277 g/mol. The normalized spacial score (nSPS) is 16.9. The second kappa shape index (κ2) is 7.24. The lowest BCUT2D eigenvalue weighted by Crippen LogP contribution is -2.35. The number of ether oxygens (including phenoxy) is 1. The first kappa shape index (κ1) is 14.8. The number of esters is 1. The Hall–Kier alpha value is -1.62. The zero-order chi connectivity index (χ0) is 14.4. The van der Waals surface area contributed by atoms with Crippen LogP contribution in [-0.4, -0.2) is 30.1 Å². The maximum atomic E-state index is 11.5. The van der Waals surface area contributed by atoms with Crippen molar-refractivity contribution in [3.05, 3.63) is 23.9 Å². The van der Waals surface area contributed by atoms with Crippen molar-refractivity contribution >= 4 is 11.8 Å². The lowest BCUT2D eigenvalue weighted by molar-refractivity contribution is 0.0526. The average Bonchev–Trinajstić information content (AvgIpc) is 2.99. The summed E-state index contributed by atoms with van der Waals surface area (Å²) < 4.78 is 4.93. The minimum Gasteiger partial charge on any atom is -0.462 e. The van der Waals surface area contributed by atoms with Crippen LogP contribution in [0.25, 0.3) is 0 Å². The summed E-state index contributed by atoms with van der Waals surface area (Å²) >= 11 is 0. The molecule has 2 rings (SSSR count). The van der Waals surface area contributed by atoms with Crippen LogP contribution in [0.15, 0.2) is 18.3 Å². The van der Waals surface area contributed by atoms with Crippen LogP contribution in [0.2, 0.25) is 0 Å². The van der Waals surface area contributed by atoms with Gasteiger partial charge >= 0.3 is 5.97 Å². The third-order valence-electron chi connectivity index (χ3n) is 3.83. The molecule has 0 aliphatic heterocycles.